The van der Waals surface area contributed by atoms with Crippen molar-refractivity contribution in [3.8, 4) is 5.75 Å². The Morgan fingerprint density at radius 3 is 2.92 bits per heavy atom. The van der Waals surface area contributed by atoms with Crippen molar-refractivity contribution in [2.24, 2.45) is 0 Å². The van der Waals surface area contributed by atoms with Crippen molar-refractivity contribution in [2.45, 2.75) is 25.3 Å². The van der Waals surface area contributed by atoms with Crippen LogP contribution in [0.1, 0.15) is 41.4 Å². The number of carbonyl (C=O) groups excluding carboxylic acids is 2. The van der Waals surface area contributed by atoms with Gasteiger partial charge in [0.15, 0.2) is 0 Å². The molecule has 136 valence electrons. The van der Waals surface area contributed by atoms with E-state index in [1.807, 2.05) is 23.1 Å². The lowest BCUT2D eigenvalue weighted by Crippen LogP contribution is -2.34. The van der Waals surface area contributed by atoms with E-state index in [0.717, 1.165) is 25.1 Å². The number of nitrogens with zero attached hydrogens (tertiary/aromatic N) is 2. The fraction of sp³-hybridized carbons (Fsp3) is 0.350. The molecule has 1 fully saturated rings. The van der Waals surface area contributed by atoms with Crippen LogP contribution in [0.15, 0.2) is 48.7 Å². The van der Waals surface area contributed by atoms with Gasteiger partial charge < -0.3 is 15.0 Å². The lowest BCUT2D eigenvalue weighted by atomic mass is 10.1. The van der Waals surface area contributed by atoms with E-state index in [-0.39, 0.29) is 24.3 Å². The van der Waals surface area contributed by atoms with Gasteiger partial charge in [-0.15, -0.1) is 0 Å². The average Bonchev–Trinajstić information content (AvgIpc) is 3.18. The van der Waals surface area contributed by atoms with Crippen molar-refractivity contribution < 1.29 is 14.3 Å². The zero-order valence-electron chi connectivity index (χ0n) is 14.9. The van der Waals surface area contributed by atoms with Crippen LogP contribution in [-0.4, -0.2) is 41.9 Å². The van der Waals surface area contributed by atoms with Crippen molar-refractivity contribution >= 4 is 11.8 Å². The van der Waals surface area contributed by atoms with Crippen molar-refractivity contribution in [3.05, 3.63) is 59.9 Å². The van der Waals surface area contributed by atoms with Crippen molar-refractivity contribution in [2.75, 3.05) is 20.2 Å². The Balaban J connectivity index is 1.53. The summed E-state index contributed by atoms with van der Waals surface area (Å²) < 4.78 is 5.12. The second kappa shape index (κ2) is 8.47. The van der Waals surface area contributed by atoms with E-state index < -0.39 is 0 Å². The molecule has 2 heterocycles. The third kappa shape index (κ3) is 4.20. The number of benzene rings is 1. The average molecular weight is 353 g/mol. The molecule has 1 atom stereocenters. The summed E-state index contributed by atoms with van der Waals surface area (Å²) in [6.07, 6.45) is 3.94. The molecule has 0 radical (unpaired) electrons. The molecule has 2 amide bonds. The maximum absolute atomic E-state index is 12.6. The summed E-state index contributed by atoms with van der Waals surface area (Å²) in [5, 5.41) is 2.80. The smallest absolute Gasteiger partial charge is 0.251 e. The summed E-state index contributed by atoms with van der Waals surface area (Å²) in [6.45, 7) is 1.05. The van der Waals surface area contributed by atoms with Gasteiger partial charge in [0.2, 0.25) is 5.91 Å². The first kappa shape index (κ1) is 17.9. The van der Waals surface area contributed by atoms with Crippen LogP contribution in [-0.2, 0) is 4.79 Å². The van der Waals surface area contributed by atoms with E-state index in [4.69, 9.17) is 4.74 Å². The van der Waals surface area contributed by atoms with E-state index >= 15 is 0 Å². The summed E-state index contributed by atoms with van der Waals surface area (Å²) in [6, 6.07) is 12.8. The van der Waals surface area contributed by atoms with Crippen molar-refractivity contribution in [3.63, 3.8) is 0 Å². The third-order valence-electron chi connectivity index (χ3n) is 4.56. The molecule has 0 bridgehead atoms. The van der Waals surface area contributed by atoms with E-state index in [0.29, 0.717) is 17.9 Å². The van der Waals surface area contributed by atoms with Crippen LogP contribution in [0.5, 0.6) is 5.75 Å². The van der Waals surface area contributed by atoms with Gasteiger partial charge in [-0.1, -0.05) is 12.1 Å². The maximum Gasteiger partial charge on any atom is 0.251 e. The highest BCUT2D eigenvalue weighted by Gasteiger charge is 2.30. The summed E-state index contributed by atoms with van der Waals surface area (Å²) in [4.78, 5) is 31.0. The summed E-state index contributed by atoms with van der Waals surface area (Å²) in [5.74, 6) is 0.465. The first-order chi connectivity index (χ1) is 12.7. The van der Waals surface area contributed by atoms with E-state index in [1.165, 1.54) is 0 Å². The lowest BCUT2D eigenvalue weighted by Gasteiger charge is -2.24. The number of pyridine rings is 1. The topological polar surface area (TPSA) is 71.5 Å². The van der Waals surface area contributed by atoms with Gasteiger partial charge in [-0.2, -0.15) is 0 Å². The zero-order chi connectivity index (χ0) is 18.4. The second-order valence-corrected chi connectivity index (χ2v) is 6.24. The molecule has 0 unspecified atom stereocenters. The maximum atomic E-state index is 12.6. The molecule has 0 saturated carbocycles. The Bertz CT molecular complexity index is 764. The quantitative estimate of drug-likeness (QED) is 0.866. The minimum absolute atomic E-state index is 0.0396. The highest BCUT2D eigenvalue weighted by molar-refractivity contribution is 5.94. The minimum atomic E-state index is -0.209. The van der Waals surface area contributed by atoms with Gasteiger partial charge in [0.05, 0.1) is 18.8 Å². The van der Waals surface area contributed by atoms with Gasteiger partial charge in [0.1, 0.15) is 5.75 Å². The van der Waals surface area contributed by atoms with Gasteiger partial charge in [-0.05, 0) is 43.2 Å². The third-order valence-corrected chi connectivity index (χ3v) is 4.56. The van der Waals surface area contributed by atoms with Crippen LogP contribution in [0.2, 0.25) is 0 Å². The molecular weight excluding hydrogens is 330 g/mol. The Morgan fingerprint density at radius 1 is 1.27 bits per heavy atom. The zero-order valence-corrected chi connectivity index (χ0v) is 14.9. The number of nitrogens with one attached hydrogen (secondary N) is 1. The second-order valence-electron chi connectivity index (χ2n) is 6.24. The normalized spacial score (nSPS) is 16.3. The number of aromatic nitrogens is 1. The highest BCUT2D eigenvalue weighted by atomic mass is 16.5. The molecule has 26 heavy (non-hydrogen) atoms. The number of rotatable bonds is 6. The molecule has 2 aromatic rings. The molecule has 1 aliphatic rings. The fourth-order valence-electron chi connectivity index (χ4n) is 3.24. The Kier molecular flexibility index (Phi) is 5.84. The van der Waals surface area contributed by atoms with Crippen LogP contribution in [0, 0.1) is 0 Å². The first-order valence-electron chi connectivity index (χ1n) is 8.81. The number of likely N-dealkylation sites (tertiary alicyclic amines) is 1. The largest absolute Gasteiger partial charge is 0.497 e. The van der Waals surface area contributed by atoms with Crippen LogP contribution >= 0.6 is 0 Å². The van der Waals surface area contributed by atoms with Gasteiger partial charge >= 0.3 is 0 Å². The molecule has 6 nitrogen and oxygen atoms in total. The number of carbonyl (C=O) groups is 2. The number of hydrogen-bond donors (Lipinski definition) is 1. The first-order valence-corrected chi connectivity index (χ1v) is 8.81. The fourth-order valence-corrected chi connectivity index (χ4v) is 3.24. The standard InChI is InChI=1S/C20H23N3O3/c1-26-16-7-4-6-15(14-16)20(25)22-12-10-19(24)23-13-5-9-18(23)17-8-2-3-11-21-17/h2-4,6-8,11,14,18H,5,9-10,12-13H2,1H3,(H,22,25)/t18-/m1/s1. The molecule has 1 aromatic carbocycles. The Hall–Kier alpha value is -2.89. The van der Waals surface area contributed by atoms with Gasteiger partial charge in [0, 0.05) is 31.3 Å². The van der Waals surface area contributed by atoms with E-state index in [1.54, 1.807) is 37.6 Å². The number of amides is 2. The van der Waals surface area contributed by atoms with Crippen molar-refractivity contribution in [1.82, 2.24) is 15.2 Å². The van der Waals surface area contributed by atoms with Crippen LogP contribution < -0.4 is 10.1 Å². The Morgan fingerprint density at radius 2 is 2.15 bits per heavy atom. The van der Waals surface area contributed by atoms with Crippen molar-refractivity contribution in [1.29, 1.82) is 0 Å². The monoisotopic (exact) mass is 353 g/mol. The predicted molar refractivity (Wildman–Crippen MR) is 97.9 cm³/mol. The molecule has 3 rings (SSSR count). The Labute approximate surface area is 153 Å². The summed E-state index contributed by atoms with van der Waals surface area (Å²) >= 11 is 0. The lowest BCUT2D eigenvalue weighted by molar-refractivity contribution is -0.132. The van der Waals surface area contributed by atoms with Gasteiger partial charge in [-0.3, -0.25) is 14.6 Å². The molecule has 1 saturated heterocycles. The number of ether oxygens (including phenoxy) is 1. The highest BCUT2D eigenvalue weighted by Crippen LogP contribution is 2.30. The molecular formula is C20H23N3O3. The van der Waals surface area contributed by atoms with Gasteiger partial charge in [0.25, 0.3) is 5.91 Å². The SMILES string of the molecule is COc1cccc(C(=O)NCCC(=O)N2CCC[C@@H]2c2ccccn2)c1. The summed E-state index contributed by atoms with van der Waals surface area (Å²) in [5.41, 5.74) is 1.45. The molecule has 1 N–H and O–H groups in total. The molecule has 1 aromatic heterocycles. The minimum Gasteiger partial charge on any atom is -0.497 e. The van der Waals surface area contributed by atoms with Gasteiger partial charge in [-0.25, -0.2) is 0 Å². The van der Waals surface area contributed by atoms with E-state index in [2.05, 4.69) is 10.3 Å². The molecule has 1 aliphatic heterocycles. The van der Waals surface area contributed by atoms with Crippen LogP contribution in [0.25, 0.3) is 0 Å². The van der Waals surface area contributed by atoms with Crippen LogP contribution in [0.4, 0.5) is 0 Å². The summed E-state index contributed by atoms with van der Waals surface area (Å²) in [7, 11) is 1.56. The molecule has 0 aliphatic carbocycles. The van der Waals surface area contributed by atoms with Crippen LogP contribution in [0.3, 0.4) is 0 Å². The number of methoxy groups -OCH3 is 1. The molecule has 6 heteroatoms. The molecule has 0 spiro atoms. The predicted octanol–water partition coefficient (Wildman–Crippen LogP) is 2.57. The number of hydrogen-bond acceptors (Lipinski definition) is 4. The van der Waals surface area contributed by atoms with E-state index in [9.17, 15) is 9.59 Å².